The van der Waals surface area contributed by atoms with Gasteiger partial charge in [0.25, 0.3) is 5.91 Å². The van der Waals surface area contributed by atoms with Crippen molar-refractivity contribution in [2.75, 3.05) is 0 Å². The number of pyridine rings is 1. The van der Waals surface area contributed by atoms with Crippen molar-refractivity contribution in [3.05, 3.63) is 125 Å². The first kappa shape index (κ1) is 23.8. The molecule has 0 saturated carbocycles. The highest BCUT2D eigenvalue weighted by atomic mass is 32.2. The van der Waals surface area contributed by atoms with Gasteiger partial charge >= 0.3 is 0 Å². The molecule has 0 radical (unpaired) electrons. The van der Waals surface area contributed by atoms with E-state index in [0.717, 1.165) is 32.9 Å². The number of rotatable bonds is 8. The van der Waals surface area contributed by atoms with Crippen LogP contribution in [0.3, 0.4) is 0 Å². The van der Waals surface area contributed by atoms with E-state index < -0.39 is 0 Å². The van der Waals surface area contributed by atoms with Crippen LogP contribution in [0.15, 0.2) is 96.4 Å². The van der Waals surface area contributed by atoms with Gasteiger partial charge in [0.05, 0.1) is 23.8 Å². The number of thioether (sulfide) groups is 1. The van der Waals surface area contributed by atoms with Crippen LogP contribution in [0.25, 0.3) is 11.0 Å². The fourth-order valence-corrected chi connectivity index (χ4v) is 4.89. The van der Waals surface area contributed by atoms with Crippen LogP contribution in [-0.4, -0.2) is 20.4 Å². The van der Waals surface area contributed by atoms with E-state index in [4.69, 9.17) is 4.98 Å². The molecule has 1 N–H and O–H groups in total. The second kappa shape index (κ2) is 10.7. The Morgan fingerprint density at radius 2 is 1.75 bits per heavy atom. The van der Waals surface area contributed by atoms with Gasteiger partial charge in [-0.1, -0.05) is 65.9 Å². The molecule has 180 valence electrons. The van der Waals surface area contributed by atoms with Crippen LogP contribution in [0.2, 0.25) is 0 Å². The summed E-state index contributed by atoms with van der Waals surface area (Å²) in [6.45, 7) is 3.04. The third-order valence-corrected chi connectivity index (χ3v) is 6.95. The monoisotopic (exact) mass is 496 g/mol. The van der Waals surface area contributed by atoms with Gasteiger partial charge in [0.15, 0.2) is 5.16 Å². The van der Waals surface area contributed by atoms with E-state index in [2.05, 4.69) is 14.9 Å². The molecule has 0 spiro atoms. The zero-order valence-electron chi connectivity index (χ0n) is 19.8. The van der Waals surface area contributed by atoms with Crippen molar-refractivity contribution in [2.24, 2.45) is 0 Å². The zero-order valence-corrected chi connectivity index (χ0v) is 20.6. The molecule has 0 aliphatic rings. The van der Waals surface area contributed by atoms with Crippen LogP contribution >= 0.6 is 11.8 Å². The summed E-state index contributed by atoms with van der Waals surface area (Å²) >= 11 is 1.60. The number of benzene rings is 3. The first-order valence-corrected chi connectivity index (χ1v) is 12.6. The Labute approximate surface area is 213 Å². The van der Waals surface area contributed by atoms with E-state index in [-0.39, 0.29) is 11.7 Å². The van der Waals surface area contributed by atoms with Crippen molar-refractivity contribution in [1.29, 1.82) is 0 Å². The Kier molecular flexibility index (Phi) is 7.09. The third kappa shape index (κ3) is 5.63. The number of carbonyl (C=O) groups excluding carboxylic acids is 1. The molecule has 0 bridgehead atoms. The van der Waals surface area contributed by atoms with E-state index in [1.807, 2.05) is 67.6 Å². The topological polar surface area (TPSA) is 59.8 Å². The number of nitrogens with one attached hydrogen (secondary N) is 1. The van der Waals surface area contributed by atoms with Crippen LogP contribution < -0.4 is 5.32 Å². The number of carbonyl (C=O) groups is 1. The fraction of sp³-hybridized carbons (Fsp3) is 0.138. The summed E-state index contributed by atoms with van der Waals surface area (Å²) in [7, 11) is 0. The number of nitrogens with zero attached hydrogens (tertiary/aromatic N) is 3. The van der Waals surface area contributed by atoms with Gasteiger partial charge in [-0.3, -0.25) is 9.78 Å². The molecule has 0 fully saturated rings. The molecule has 0 saturated heterocycles. The van der Waals surface area contributed by atoms with Crippen LogP contribution in [-0.2, 0) is 18.8 Å². The summed E-state index contributed by atoms with van der Waals surface area (Å²) in [5.41, 5.74) is 6.59. The highest BCUT2D eigenvalue weighted by Crippen LogP contribution is 2.27. The minimum absolute atomic E-state index is 0.0980. The summed E-state index contributed by atoms with van der Waals surface area (Å²) in [5, 5.41) is 3.81. The number of aromatic nitrogens is 3. The summed E-state index contributed by atoms with van der Waals surface area (Å²) in [6.07, 6.45) is 3.51. The van der Waals surface area contributed by atoms with Crippen LogP contribution in [0.4, 0.5) is 4.39 Å². The number of halogens is 1. The minimum atomic E-state index is -0.257. The van der Waals surface area contributed by atoms with Crippen molar-refractivity contribution in [2.45, 2.75) is 30.9 Å². The van der Waals surface area contributed by atoms with E-state index in [0.29, 0.717) is 24.4 Å². The van der Waals surface area contributed by atoms with Crippen LogP contribution in [0.1, 0.15) is 32.6 Å². The van der Waals surface area contributed by atoms with Crippen LogP contribution in [0.5, 0.6) is 0 Å². The molecule has 3 aromatic carbocycles. The lowest BCUT2D eigenvalue weighted by Gasteiger charge is -2.10. The van der Waals surface area contributed by atoms with Crippen molar-refractivity contribution < 1.29 is 9.18 Å². The quantitative estimate of drug-likeness (QED) is 0.262. The molecule has 0 aliphatic carbocycles. The highest BCUT2D eigenvalue weighted by Gasteiger charge is 2.13. The first-order valence-electron chi connectivity index (χ1n) is 11.7. The second-order valence-electron chi connectivity index (χ2n) is 8.63. The molecule has 36 heavy (non-hydrogen) atoms. The Bertz CT molecular complexity index is 1500. The predicted molar refractivity (Wildman–Crippen MR) is 141 cm³/mol. The number of amides is 1. The summed E-state index contributed by atoms with van der Waals surface area (Å²) < 4.78 is 15.8. The van der Waals surface area contributed by atoms with Crippen molar-refractivity contribution in [3.63, 3.8) is 0 Å². The molecular weight excluding hydrogens is 471 g/mol. The molecular formula is C29H25FN4OS. The first-order chi connectivity index (χ1) is 17.5. The molecule has 0 atom stereocenters. The van der Waals surface area contributed by atoms with Crippen molar-refractivity contribution in [1.82, 2.24) is 19.9 Å². The molecule has 7 heteroatoms. The van der Waals surface area contributed by atoms with Gasteiger partial charge in [0, 0.05) is 24.1 Å². The lowest BCUT2D eigenvalue weighted by molar-refractivity contribution is 0.0951. The molecule has 0 unspecified atom stereocenters. The normalized spacial score (nSPS) is 11.1. The standard InChI is InChI=1S/C29H25FN4OS/c1-20-5-7-21(8-6-20)16-32-28(35)24-11-9-22(10-12-24)19-36-29-33-26-13-14-31-17-27(26)34(29)18-23-3-2-4-25(30)15-23/h2-15,17H,16,18-19H2,1H3,(H,32,35). The molecule has 0 aliphatic heterocycles. The van der Waals surface area contributed by atoms with Gasteiger partial charge in [-0.25, -0.2) is 9.37 Å². The molecule has 5 nitrogen and oxygen atoms in total. The SMILES string of the molecule is Cc1ccc(CNC(=O)c2ccc(CSc3nc4ccncc4n3Cc3cccc(F)c3)cc2)cc1. The van der Waals surface area contributed by atoms with Crippen molar-refractivity contribution >= 4 is 28.7 Å². The maximum atomic E-state index is 13.7. The average Bonchev–Trinajstić information content (AvgIpc) is 3.24. The number of hydrogen-bond acceptors (Lipinski definition) is 4. The fourth-order valence-electron chi connectivity index (χ4n) is 3.92. The van der Waals surface area contributed by atoms with E-state index >= 15 is 0 Å². The van der Waals surface area contributed by atoms with E-state index in [1.54, 1.807) is 36.3 Å². The number of aryl methyl sites for hydroxylation is 1. The minimum Gasteiger partial charge on any atom is -0.348 e. The van der Waals surface area contributed by atoms with Gasteiger partial charge in [0.1, 0.15) is 5.82 Å². The zero-order chi connectivity index (χ0) is 24.9. The van der Waals surface area contributed by atoms with Gasteiger partial charge in [-0.15, -0.1) is 0 Å². The largest absolute Gasteiger partial charge is 0.348 e. The molecule has 5 rings (SSSR count). The number of fused-ring (bicyclic) bond motifs is 1. The Hall–Kier alpha value is -3.97. The third-order valence-electron chi connectivity index (χ3n) is 5.90. The highest BCUT2D eigenvalue weighted by molar-refractivity contribution is 7.98. The maximum absolute atomic E-state index is 13.7. The summed E-state index contributed by atoms with van der Waals surface area (Å²) in [4.78, 5) is 21.6. The lowest BCUT2D eigenvalue weighted by atomic mass is 10.1. The molecule has 2 heterocycles. The maximum Gasteiger partial charge on any atom is 0.251 e. The van der Waals surface area contributed by atoms with Crippen molar-refractivity contribution in [3.8, 4) is 0 Å². The van der Waals surface area contributed by atoms with Gasteiger partial charge in [-0.2, -0.15) is 0 Å². The second-order valence-corrected chi connectivity index (χ2v) is 9.57. The number of hydrogen-bond donors (Lipinski definition) is 1. The summed E-state index contributed by atoms with van der Waals surface area (Å²) in [6, 6.07) is 24.2. The van der Waals surface area contributed by atoms with Gasteiger partial charge in [-0.05, 0) is 53.9 Å². The Balaban J connectivity index is 1.26. The number of imidazole rings is 1. The smallest absolute Gasteiger partial charge is 0.251 e. The lowest BCUT2D eigenvalue weighted by Crippen LogP contribution is -2.22. The summed E-state index contributed by atoms with van der Waals surface area (Å²) in [5.74, 6) is 0.331. The molecule has 2 aromatic heterocycles. The van der Waals surface area contributed by atoms with E-state index in [9.17, 15) is 9.18 Å². The predicted octanol–water partition coefficient (Wildman–Crippen LogP) is 6.15. The van der Waals surface area contributed by atoms with Gasteiger partial charge in [0.2, 0.25) is 0 Å². The van der Waals surface area contributed by atoms with Crippen LogP contribution in [0, 0.1) is 12.7 Å². The molecule has 1 amide bonds. The Morgan fingerprint density at radius 3 is 2.53 bits per heavy atom. The molecule has 5 aromatic rings. The average molecular weight is 497 g/mol. The Morgan fingerprint density at radius 1 is 0.972 bits per heavy atom. The van der Waals surface area contributed by atoms with Gasteiger partial charge < -0.3 is 9.88 Å². The van der Waals surface area contributed by atoms with E-state index in [1.165, 1.54) is 11.6 Å².